The molecular formula is C28H32ClN3O2. The van der Waals surface area contributed by atoms with Crippen molar-refractivity contribution in [1.29, 1.82) is 0 Å². The Morgan fingerprint density at radius 1 is 1.00 bits per heavy atom. The number of nitrogens with zero attached hydrogens (tertiary/aromatic N) is 3. The van der Waals surface area contributed by atoms with Gasteiger partial charge in [-0.2, -0.15) is 0 Å². The summed E-state index contributed by atoms with van der Waals surface area (Å²) in [5.74, 6) is 0.189. The van der Waals surface area contributed by atoms with E-state index in [-0.39, 0.29) is 30.3 Å². The molecule has 2 aromatic carbocycles. The lowest BCUT2D eigenvalue weighted by Crippen LogP contribution is -2.47. The van der Waals surface area contributed by atoms with Crippen molar-refractivity contribution in [3.8, 4) is 5.69 Å². The van der Waals surface area contributed by atoms with Crippen molar-refractivity contribution < 1.29 is 9.59 Å². The second-order valence-corrected chi connectivity index (χ2v) is 9.71. The number of hydrogen-bond acceptors (Lipinski definition) is 2. The normalized spacial score (nSPS) is 14.6. The third-order valence-corrected chi connectivity index (χ3v) is 6.47. The van der Waals surface area contributed by atoms with Gasteiger partial charge in [0.1, 0.15) is 12.6 Å². The lowest BCUT2D eigenvalue weighted by Gasteiger charge is -2.39. The Morgan fingerprint density at radius 2 is 1.71 bits per heavy atom. The topological polar surface area (TPSA) is 45.6 Å². The molecule has 0 N–H and O–H groups in total. The van der Waals surface area contributed by atoms with E-state index >= 15 is 0 Å². The van der Waals surface area contributed by atoms with Gasteiger partial charge in [0.05, 0.1) is 17.1 Å². The van der Waals surface area contributed by atoms with Crippen LogP contribution in [0.25, 0.3) is 5.69 Å². The Hall–Kier alpha value is -3.05. The van der Waals surface area contributed by atoms with Crippen molar-refractivity contribution in [2.75, 3.05) is 18.0 Å². The molecule has 0 bridgehead atoms. The summed E-state index contributed by atoms with van der Waals surface area (Å²) in [5.41, 5.74) is 3.77. The van der Waals surface area contributed by atoms with E-state index in [1.165, 1.54) is 0 Å². The van der Waals surface area contributed by atoms with E-state index in [4.69, 9.17) is 11.6 Å². The van der Waals surface area contributed by atoms with Gasteiger partial charge in [-0.25, -0.2) is 0 Å². The van der Waals surface area contributed by atoms with Gasteiger partial charge in [0.2, 0.25) is 11.8 Å². The zero-order valence-electron chi connectivity index (χ0n) is 20.1. The van der Waals surface area contributed by atoms with E-state index in [2.05, 4.69) is 11.5 Å². The summed E-state index contributed by atoms with van der Waals surface area (Å²) in [6, 6.07) is 19.3. The number of rotatable bonds is 8. The van der Waals surface area contributed by atoms with Crippen molar-refractivity contribution in [1.82, 2.24) is 9.47 Å². The van der Waals surface area contributed by atoms with Crippen LogP contribution >= 0.6 is 11.6 Å². The molecule has 1 atom stereocenters. The van der Waals surface area contributed by atoms with Crippen LogP contribution in [0.15, 0.2) is 66.9 Å². The highest BCUT2D eigenvalue weighted by Crippen LogP contribution is 2.42. The van der Waals surface area contributed by atoms with Crippen molar-refractivity contribution >= 4 is 29.1 Å². The van der Waals surface area contributed by atoms with E-state index in [1.54, 1.807) is 4.90 Å². The number of para-hydroxylation sites is 2. The molecule has 0 radical (unpaired) electrons. The van der Waals surface area contributed by atoms with Crippen LogP contribution in [0.1, 0.15) is 57.3 Å². The van der Waals surface area contributed by atoms with Gasteiger partial charge in [0.15, 0.2) is 0 Å². The standard InChI is InChI=1S/C28H32ClN3O2/c1-4-5-16-30(26(33)18-20(2)3)19-27(34)32-24-10-7-6-9-23(24)31-17-8-11-25(31)28(32)21-12-14-22(29)15-13-21/h6-15,17,20,28H,4-5,16,18-19H2,1-3H3. The second-order valence-electron chi connectivity index (χ2n) is 9.28. The quantitative estimate of drug-likeness (QED) is 0.385. The fraction of sp³-hybridized carbons (Fsp3) is 0.357. The number of aromatic nitrogens is 1. The minimum absolute atomic E-state index is 0.0357. The third kappa shape index (κ3) is 4.90. The number of halogens is 1. The smallest absolute Gasteiger partial charge is 0.247 e. The van der Waals surface area contributed by atoms with Gasteiger partial charge in [0.25, 0.3) is 0 Å². The Kier molecular flexibility index (Phi) is 7.42. The molecule has 2 amide bonds. The summed E-state index contributed by atoms with van der Waals surface area (Å²) in [6.07, 6.45) is 4.31. The molecule has 0 aliphatic carbocycles. The SMILES string of the molecule is CCCCN(CC(=O)N1c2ccccc2-n2cccc2C1c1ccc(Cl)cc1)C(=O)CC(C)C. The molecule has 178 valence electrons. The first-order valence-corrected chi connectivity index (χ1v) is 12.4. The van der Waals surface area contributed by atoms with Crippen molar-refractivity contribution in [3.05, 3.63) is 83.1 Å². The van der Waals surface area contributed by atoms with E-state index in [1.807, 2.05) is 85.6 Å². The van der Waals surface area contributed by atoms with Crippen molar-refractivity contribution in [2.24, 2.45) is 5.92 Å². The maximum atomic E-state index is 14.0. The Bertz CT molecular complexity index is 1150. The molecule has 0 saturated heterocycles. The zero-order chi connectivity index (χ0) is 24.2. The van der Waals surface area contributed by atoms with E-state index in [9.17, 15) is 9.59 Å². The molecule has 4 rings (SSSR count). The molecule has 2 heterocycles. The molecule has 1 unspecified atom stereocenters. The average Bonchev–Trinajstić information content (AvgIpc) is 3.31. The predicted molar refractivity (Wildman–Crippen MR) is 137 cm³/mol. The number of unbranched alkanes of at least 4 members (excludes halogenated alkanes) is 1. The molecule has 3 aromatic rings. The number of hydrogen-bond donors (Lipinski definition) is 0. The summed E-state index contributed by atoms with van der Waals surface area (Å²) in [6.45, 7) is 6.81. The van der Waals surface area contributed by atoms with Gasteiger partial charge in [-0.15, -0.1) is 0 Å². The molecule has 34 heavy (non-hydrogen) atoms. The van der Waals surface area contributed by atoms with Gasteiger partial charge in [-0.3, -0.25) is 14.5 Å². The fourth-order valence-corrected chi connectivity index (χ4v) is 4.71. The molecule has 0 spiro atoms. The number of amides is 2. The van der Waals surface area contributed by atoms with Crippen LogP contribution in [0.5, 0.6) is 0 Å². The lowest BCUT2D eigenvalue weighted by atomic mass is 9.97. The van der Waals surface area contributed by atoms with Gasteiger partial charge in [-0.1, -0.05) is 63.1 Å². The first-order chi connectivity index (χ1) is 16.4. The fourth-order valence-electron chi connectivity index (χ4n) is 4.58. The number of fused-ring (bicyclic) bond motifs is 3. The van der Waals surface area contributed by atoms with E-state index in [0.29, 0.717) is 18.0 Å². The lowest BCUT2D eigenvalue weighted by molar-refractivity contribution is -0.136. The zero-order valence-corrected chi connectivity index (χ0v) is 20.8. The minimum atomic E-state index is -0.317. The number of benzene rings is 2. The maximum Gasteiger partial charge on any atom is 0.247 e. The van der Waals surface area contributed by atoms with Crippen LogP contribution in [0.3, 0.4) is 0 Å². The third-order valence-electron chi connectivity index (χ3n) is 6.22. The van der Waals surface area contributed by atoms with Crippen LogP contribution in [-0.2, 0) is 9.59 Å². The van der Waals surface area contributed by atoms with Gasteiger partial charge in [-0.05, 0) is 54.3 Å². The van der Waals surface area contributed by atoms with Crippen LogP contribution in [0.4, 0.5) is 5.69 Å². The van der Waals surface area contributed by atoms with Crippen molar-refractivity contribution in [3.63, 3.8) is 0 Å². The first-order valence-electron chi connectivity index (χ1n) is 12.0. The summed E-state index contributed by atoms with van der Waals surface area (Å²) in [5, 5.41) is 0.651. The number of carbonyl (C=O) groups excluding carboxylic acids is 2. The highest BCUT2D eigenvalue weighted by atomic mass is 35.5. The predicted octanol–water partition coefficient (Wildman–Crippen LogP) is 6.24. The molecule has 1 aliphatic rings. The van der Waals surface area contributed by atoms with Crippen molar-refractivity contribution in [2.45, 2.75) is 46.1 Å². The largest absolute Gasteiger partial charge is 0.333 e. The maximum absolute atomic E-state index is 14.0. The minimum Gasteiger partial charge on any atom is -0.333 e. The Balaban J connectivity index is 1.75. The highest BCUT2D eigenvalue weighted by Gasteiger charge is 2.36. The summed E-state index contributed by atoms with van der Waals surface area (Å²) < 4.78 is 2.14. The van der Waals surface area contributed by atoms with E-state index in [0.717, 1.165) is 35.5 Å². The summed E-state index contributed by atoms with van der Waals surface area (Å²) in [7, 11) is 0. The number of carbonyl (C=O) groups is 2. The summed E-state index contributed by atoms with van der Waals surface area (Å²) >= 11 is 6.17. The molecule has 6 heteroatoms. The van der Waals surface area contributed by atoms with Crippen LogP contribution in [0, 0.1) is 5.92 Å². The average molecular weight is 478 g/mol. The van der Waals surface area contributed by atoms with Crippen LogP contribution < -0.4 is 4.90 Å². The summed E-state index contributed by atoms with van der Waals surface area (Å²) in [4.78, 5) is 30.6. The van der Waals surface area contributed by atoms with Gasteiger partial charge >= 0.3 is 0 Å². The van der Waals surface area contributed by atoms with Crippen LogP contribution in [-0.4, -0.2) is 34.4 Å². The first kappa shape index (κ1) is 24.1. The molecular weight excluding hydrogens is 446 g/mol. The molecule has 0 saturated carbocycles. The monoisotopic (exact) mass is 477 g/mol. The molecule has 1 aliphatic heterocycles. The Morgan fingerprint density at radius 3 is 2.38 bits per heavy atom. The number of anilines is 1. The Labute approximate surface area is 206 Å². The van der Waals surface area contributed by atoms with Crippen LogP contribution in [0.2, 0.25) is 5.02 Å². The molecule has 0 fully saturated rings. The second kappa shape index (κ2) is 10.5. The molecule has 5 nitrogen and oxygen atoms in total. The van der Waals surface area contributed by atoms with Gasteiger partial charge in [0, 0.05) is 24.2 Å². The molecule has 1 aromatic heterocycles. The highest BCUT2D eigenvalue weighted by molar-refractivity contribution is 6.30. The van der Waals surface area contributed by atoms with Gasteiger partial charge < -0.3 is 9.47 Å². The van der Waals surface area contributed by atoms with E-state index < -0.39 is 0 Å².